The molecule has 0 radical (unpaired) electrons. The molecule has 0 atom stereocenters. The van der Waals surface area contributed by atoms with Crippen molar-refractivity contribution in [1.82, 2.24) is 10.2 Å². The van der Waals surface area contributed by atoms with Crippen molar-refractivity contribution < 1.29 is 9.72 Å². The van der Waals surface area contributed by atoms with E-state index in [1.54, 1.807) is 24.3 Å². The van der Waals surface area contributed by atoms with Gasteiger partial charge in [0.25, 0.3) is 11.6 Å². The second-order valence-electron chi connectivity index (χ2n) is 4.76. The van der Waals surface area contributed by atoms with Crippen LogP contribution in [-0.4, -0.2) is 21.0 Å². The summed E-state index contributed by atoms with van der Waals surface area (Å²) in [6.45, 7) is 0. The zero-order valence-electron chi connectivity index (χ0n) is 12.3. The van der Waals surface area contributed by atoms with E-state index in [1.165, 1.54) is 18.2 Å². The lowest BCUT2D eigenvalue weighted by molar-refractivity contribution is -0.385. The van der Waals surface area contributed by atoms with Gasteiger partial charge >= 0.3 is 0 Å². The Morgan fingerprint density at radius 1 is 1.16 bits per heavy atom. The summed E-state index contributed by atoms with van der Waals surface area (Å²) in [5, 5.41) is 22.8. The molecule has 25 heavy (non-hydrogen) atoms. The van der Waals surface area contributed by atoms with Crippen LogP contribution in [-0.2, 0) is 0 Å². The SMILES string of the molecule is O=C(Nc1nnc(-c2ccccc2Cl)s1)c1cc(Cl)ccc1[N+](=O)[O-]. The highest BCUT2D eigenvalue weighted by molar-refractivity contribution is 7.18. The van der Waals surface area contributed by atoms with Gasteiger partial charge in [0, 0.05) is 16.7 Å². The van der Waals surface area contributed by atoms with Crippen LogP contribution in [0.15, 0.2) is 42.5 Å². The van der Waals surface area contributed by atoms with E-state index in [2.05, 4.69) is 15.5 Å². The molecule has 3 aromatic rings. The van der Waals surface area contributed by atoms with Crippen molar-refractivity contribution in [2.45, 2.75) is 0 Å². The Bertz CT molecular complexity index is 977. The van der Waals surface area contributed by atoms with Crippen LogP contribution in [0.5, 0.6) is 0 Å². The zero-order valence-corrected chi connectivity index (χ0v) is 14.6. The summed E-state index contributed by atoms with van der Waals surface area (Å²) in [5.41, 5.74) is 0.167. The third-order valence-electron chi connectivity index (χ3n) is 3.15. The molecule has 1 aromatic heterocycles. The Morgan fingerprint density at radius 3 is 2.64 bits per heavy atom. The normalized spacial score (nSPS) is 10.5. The molecular weight excluding hydrogens is 387 g/mol. The monoisotopic (exact) mass is 394 g/mol. The Hall–Kier alpha value is -2.55. The molecule has 126 valence electrons. The van der Waals surface area contributed by atoms with E-state index in [-0.39, 0.29) is 21.4 Å². The van der Waals surface area contributed by atoms with Crippen LogP contribution in [0, 0.1) is 10.1 Å². The lowest BCUT2D eigenvalue weighted by atomic mass is 10.1. The third kappa shape index (κ3) is 3.76. The van der Waals surface area contributed by atoms with E-state index in [0.29, 0.717) is 15.6 Å². The fourth-order valence-electron chi connectivity index (χ4n) is 2.03. The van der Waals surface area contributed by atoms with Gasteiger partial charge in [-0.15, -0.1) is 10.2 Å². The minimum atomic E-state index is -0.698. The van der Waals surface area contributed by atoms with E-state index >= 15 is 0 Å². The summed E-state index contributed by atoms with van der Waals surface area (Å²) < 4.78 is 0. The number of nitrogens with zero attached hydrogens (tertiary/aromatic N) is 3. The number of rotatable bonds is 4. The minimum absolute atomic E-state index is 0.160. The molecule has 1 N–H and O–H groups in total. The van der Waals surface area contributed by atoms with Crippen molar-refractivity contribution in [2.24, 2.45) is 0 Å². The van der Waals surface area contributed by atoms with E-state index < -0.39 is 10.8 Å². The molecule has 0 saturated heterocycles. The van der Waals surface area contributed by atoms with Gasteiger partial charge < -0.3 is 0 Å². The molecule has 0 aliphatic carbocycles. The third-order valence-corrected chi connectivity index (χ3v) is 4.59. The van der Waals surface area contributed by atoms with E-state index in [9.17, 15) is 14.9 Å². The molecule has 1 amide bonds. The van der Waals surface area contributed by atoms with Gasteiger partial charge in [-0.2, -0.15) is 0 Å². The van der Waals surface area contributed by atoms with Crippen LogP contribution in [0.3, 0.4) is 0 Å². The number of nitrogens with one attached hydrogen (secondary N) is 1. The molecule has 0 aliphatic heterocycles. The fourth-order valence-corrected chi connectivity index (χ4v) is 3.26. The van der Waals surface area contributed by atoms with Gasteiger partial charge in [0.1, 0.15) is 5.56 Å². The fraction of sp³-hybridized carbons (Fsp3) is 0. The lowest BCUT2D eigenvalue weighted by Crippen LogP contribution is -2.13. The summed E-state index contributed by atoms with van der Waals surface area (Å²) in [5.74, 6) is -0.698. The van der Waals surface area contributed by atoms with Crippen LogP contribution in [0.2, 0.25) is 10.0 Å². The highest BCUT2D eigenvalue weighted by Gasteiger charge is 2.22. The first-order valence-corrected chi connectivity index (χ1v) is 8.36. The number of amides is 1. The minimum Gasteiger partial charge on any atom is -0.296 e. The largest absolute Gasteiger partial charge is 0.296 e. The molecule has 0 unspecified atom stereocenters. The number of aromatic nitrogens is 2. The van der Waals surface area contributed by atoms with Crippen LogP contribution >= 0.6 is 34.5 Å². The quantitative estimate of drug-likeness (QED) is 0.511. The summed E-state index contributed by atoms with van der Waals surface area (Å²) in [6, 6.07) is 10.8. The summed E-state index contributed by atoms with van der Waals surface area (Å²) in [6.07, 6.45) is 0. The Balaban J connectivity index is 1.87. The van der Waals surface area contributed by atoms with Crippen molar-refractivity contribution in [2.75, 3.05) is 5.32 Å². The first-order valence-electron chi connectivity index (χ1n) is 6.79. The predicted molar refractivity (Wildman–Crippen MR) is 96.4 cm³/mol. The molecule has 0 saturated carbocycles. The summed E-state index contributed by atoms with van der Waals surface area (Å²) in [4.78, 5) is 22.7. The average molecular weight is 395 g/mol. The van der Waals surface area contributed by atoms with Crippen molar-refractivity contribution in [1.29, 1.82) is 0 Å². The van der Waals surface area contributed by atoms with Crippen molar-refractivity contribution in [3.63, 3.8) is 0 Å². The van der Waals surface area contributed by atoms with Crippen LogP contribution < -0.4 is 5.32 Å². The van der Waals surface area contributed by atoms with Gasteiger partial charge in [-0.25, -0.2) is 0 Å². The summed E-state index contributed by atoms with van der Waals surface area (Å²) >= 11 is 13.0. The van der Waals surface area contributed by atoms with E-state index in [4.69, 9.17) is 23.2 Å². The first-order chi connectivity index (χ1) is 12.0. The number of nitro groups is 1. The molecule has 10 heteroatoms. The molecule has 3 rings (SSSR count). The van der Waals surface area contributed by atoms with Gasteiger partial charge in [-0.1, -0.05) is 52.7 Å². The molecule has 0 spiro atoms. The molecule has 0 aliphatic rings. The molecular formula is C15H8Cl2N4O3S. The number of nitro benzene ring substituents is 1. The number of hydrogen-bond acceptors (Lipinski definition) is 6. The number of carbonyl (C=O) groups is 1. The zero-order chi connectivity index (χ0) is 18.0. The highest BCUT2D eigenvalue weighted by atomic mass is 35.5. The topological polar surface area (TPSA) is 98.0 Å². The van der Waals surface area contributed by atoms with Crippen molar-refractivity contribution in [3.05, 3.63) is 68.2 Å². The molecule has 0 bridgehead atoms. The highest BCUT2D eigenvalue weighted by Crippen LogP contribution is 2.32. The maximum absolute atomic E-state index is 12.3. The summed E-state index contributed by atoms with van der Waals surface area (Å²) in [7, 11) is 0. The van der Waals surface area contributed by atoms with E-state index in [0.717, 1.165) is 11.3 Å². The maximum atomic E-state index is 12.3. The van der Waals surface area contributed by atoms with Crippen LogP contribution in [0.1, 0.15) is 10.4 Å². The van der Waals surface area contributed by atoms with Crippen LogP contribution in [0.4, 0.5) is 10.8 Å². The molecule has 1 heterocycles. The first kappa shape index (κ1) is 17.3. The number of anilines is 1. The van der Waals surface area contributed by atoms with Crippen molar-refractivity contribution in [3.8, 4) is 10.6 Å². The smallest absolute Gasteiger partial charge is 0.282 e. The Labute approximate surface area is 155 Å². The molecule has 2 aromatic carbocycles. The van der Waals surface area contributed by atoms with Gasteiger partial charge in [-0.05, 0) is 18.2 Å². The van der Waals surface area contributed by atoms with Gasteiger partial charge in [-0.3, -0.25) is 20.2 Å². The van der Waals surface area contributed by atoms with Crippen molar-refractivity contribution >= 4 is 51.3 Å². The molecule has 7 nitrogen and oxygen atoms in total. The Morgan fingerprint density at radius 2 is 1.92 bits per heavy atom. The van der Waals surface area contributed by atoms with Crippen LogP contribution in [0.25, 0.3) is 10.6 Å². The number of hydrogen-bond donors (Lipinski definition) is 1. The maximum Gasteiger partial charge on any atom is 0.282 e. The Kier molecular flexibility index (Phi) is 4.93. The van der Waals surface area contributed by atoms with Gasteiger partial charge in [0.15, 0.2) is 5.01 Å². The van der Waals surface area contributed by atoms with E-state index in [1.807, 2.05) is 0 Å². The predicted octanol–water partition coefficient (Wildman–Crippen LogP) is 4.67. The number of carbonyl (C=O) groups excluding carboxylic acids is 1. The number of benzene rings is 2. The second kappa shape index (κ2) is 7.14. The second-order valence-corrected chi connectivity index (χ2v) is 6.59. The van der Waals surface area contributed by atoms with Gasteiger partial charge in [0.05, 0.1) is 9.95 Å². The standard InChI is InChI=1S/C15H8Cl2N4O3S/c16-8-5-6-12(21(23)24)10(7-8)13(22)18-15-20-19-14(25-15)9-3-1-2-4-11(9)17/h1-7H,(H,18,20,22). The lowest BCUT2D eigenvalue weighted by Gasteiger charge is -2.03. The average Bonchev–Trinajstić information content (AvgIpc) is 3.03. The molecule has 0 fully saturated rings. The number of halogens is 2. The van der Waals surface area contributed by atoms with Gasteiger partial charge in [0.2, 0.25) is 5.13 Å².